The lowest BCUT2D eigenvalue weighted by Gasteiger charge is -2.40. The number of likely N-dealkylation sites (N-methyl/N-ethyl adjacent to an activating group) is 2. The van der Waals surface area contributed by atoms with Gasteiger partial charge in [0.15, 0.2) is 0 Å². The molecule has 7 heteroatoms. The molecule has 2 rings (SSSR count). The molecule has 23 heavy (non-hydrogen) atoms. The van der Waals surface area contributed by atoms with Crippen LogP contribution < -0.4 is 0 Å². The van der Waals surface area contributed by atoms with Gasteiger partial charge < -0.3 is 14.7 Å². The van der Waals surface area contributed by atoms with Gasteiger partial charge in [-0.3, -0.25) is 9.59 Å². The Balaban J connectivity index is 1.93. The zero-order valence-corrected chi connectivity index (χ0v) is 16.5. The van der Waals surface area contributed by atoms with Crippen LogP contribution in [0, 0.1) is 5.92 Å². The average Bonchev–Trinajstić information content (AvgIpc) is 2.92. The van der Waals surface area contributed by atoms with Crippen LogP contribution in [0.2, 0.25) is 0 Å². The minimum absolute atomic E-state index is 0.00197. The summed E-state index contributed by atoms with van der Waals surface area (Å²) in [5, 5.41) is 0. The van der Waals surface area contributed by atoms with Gasteiger partial charge in [-0.2, -0.15) is 0 Å². The van der Waals surface area contributed by atoms with Crippen LogP contribution in [-0.2, 0) is 4.79 Å². The van der Waals surface area contributed by atoms with Crippen LogP contribution in [0.3, 0.4) is 0 Å². The number of amides is 2. The Labute approximate surface area is 150 Å². The first kappa shape index (κ1) is 18.4. The minimum Gasteiger partial charge on any atom is -0.341 e. The maximum Gasteiger partial charge on any atom is 0.264 e. The van der Waals surface area contributed by atoms with Gasteiger partial charge >= 0.3 is 0 Å². The van der Waals surface area contributed by atoms with Crippen molar-refractivity contribution in [3.05, 3.63) is 20.8 Å². The first-order valence-corrected chi connectivity index (χ1v) is 9.35. The van der Waals surface area contributed by atoms with Crippen molar-refractivity contribution < 1.29 is 9.59 Å². The van der Waals surface area contributed by atoms with Gasteiger partial charge in [0.05, 0.1) is 15.2 Å². The number of rotatable bonds is 4. The Morgan fingerprint density at radius 2 is 2.09 bits per heavy atom. The van der Waals surface area contributed by atoms with Crippen LogP contribution in [0.1, 0.15) is 23.0 Å². The Bertz CT molecular complexity index is 577. The monoisotopic (exact) mass is 401 g/mol. The molecule has 128 valence electrons. The number of likely N-dealkylation sites (tertiary alicyclic amines) is 1. The van der Waals surface area contributed by atoms with E-state index in [1.54, 1.807) is 13.1 Å². The van der Waals surface area contributed by atoms with E-state index in [0.717, 1.165) is 23.3 Å². The number of thiophene rings is 1. The number of carbonyl (C=O) groups is 2. The van der Waals surface area contributed by atoms with Gasteiger partial charge in [0.2, 0.25) is 5.91 Å². The van der Waals surface area contributed by atoms with Gasteiger partial charge in [-0.05, 0) is 54.0 Å². The van der Waals surface area contributed by atoms with Crippen molar-refractivity contribution in [2.75, 3.05) is 40.8 Å². The SMILES string of the molecule is C[C@@H]1CN(C)CC[C@@H]1N(C)C(=O)CN(C)C(=O)c1ccc(Br)s1. The van der Waals surface area contributed by atoms with Gasteiger partial charge in [-0.15, -0.1) is 11.3 Å². The molecular weight excluding hydrogens is 378 g/mol. The molecule has 0 aliphatic carbocycles. The van der Waals surface area contributed by atoms with Crippen molar-refractivity contribution in [1.82, 2.24) is 14.7 Å². The Kier molecular flexibility index (Phi) is 6.22. The van der Waals surface area contributed by atoms with Crippen LogP contribution in [-0.4, -0.2) is 73.3 Å². The highest BCUT2D eigenvalue weighted by atomic mass is 79.9. The van der Waals surface area contributed by atoms with E-state index in [-0.39, 0.29) is 24.4 Å². The predicted octanol–water partition coefficient (Wildman–Crippen LogP) is 2.38. The first-order valence-electron chi connectivity index (χ1n) is 7.74. The topological polar surface area (TPSA) is 43.9 Å². The molecule has 0 spiro atoms. The Hall–Kier alpha value is -0.920. The summed E-state index contributed by atoms with van der Waals surface area (Å²) in [7, 11) is 5.65. The maximum absolute atomic E-state index is 12.5. The molecule has 2 amide bonds. The molecule has 0 unspecified atom stereocenters. The summed E-state index contributed by atoms with van der Waals surface area (Å²) in [6, 6.07) is 3.87. The van der Waals surface area contributed by atoms with Crippen LogP contribution in [0.25, 0.3) is 0 Å². The lowest BCUT2D eigenvalue weighted by Crippen LogP contribution is -2.51. The molecule has 1 aliphatic rings. The molecule has 5 nitrogen and oxygen atoms in total. The zero-order valence-electron chi connectivity index (χ0n) is 14.1. The van der Waals surface area contributed by atoms with E-state index in [1.165, 1.54) is 16.2 Å². The third kappa shape index (κ3) is 4.55. The summed E-state index contributed by atoms with van der Waals surface area (Å²) < 4.78 is 0.915. The van der Waals surface area contributed by atoms with Crippen LogP contribution in [0.4, 0.5) is 0 Å². The van der Waals surface area contributed by atoms with E-state index < -0.39 is 0 Å². The number of hydrogen-bond donors (Lipinski definition) is 0. The molecular formula is C16H24BrN3O2S. The first-order chi connectivity index (χ1) is 10.8. The molecule has 0 aromatic carbocycles. The normalized spacial score (nSPS) is 22.0. The highest BCUT2D eigenvalue weighted by Crippen LogP contribution is 2.23. The van der Waals surface area contributed by atoms with Gasteiger partial charge in [-0.1, -0.05) is 6.92 Å². The van der Waals surface area contributed by atoms with E-state index in [2.05, 4.69) is 34.8 Å². The fraction of sp³-hybridized carbons (Fsp3) is 0.625. The summed E-state index contributed by atoms with van der Waals surface area (Å²) in [5.74, 6) is 0.328. The highest BCUT2D eigenvalue weighted by molar-refractivity contribution is 9.11. The van der Waals surface area contributed by atoms with Crippen LogP contribution >= 0.6 is 27.3 Å². The lowest BCUT2D eigenvalue weighted by molar-refractivity contribution is -0.134. The fourth-order valence-electron chi connectivity index (χ4n) is 3.11. The molecule has 1 fully saturated rings. The van der Waals surface area contributed by atoms with Crippen molar-refractivity contribution in [3.63, 3.8) is 0 Å². The summed E-state index contributed by atoms with van der Waals surface area (Å²) >= 11 is 4.74. The van der Waals surface area contributed by atoms with E-state index in [0.29, 0.717) is 10.8 Å². The van der Waals surface area contributed by atoms with Crippen molar-refractivity contribution in [2.45, 2.75) is 19.4 Å². The summed E-state index contributed by atoms with van der Waals surface area (Å²) in [4.78, 5) is 31.1. The number of piperidine rings is 1. The molecule has 0 saturated carbocycles. The van der Waals surface area contributed by atoms with Crippen molar-refractivity contribution in [3.8, 4) is 0 Å². The molecule has 1 aliphatic heterocycles. The standard InChI is InChI=1S/C16H24BrN3O2S/c1-11-9-18(2)8-7-12(11)20(4)15(21)10-19(3)16(22)13-5-6-14(17)23-13/h5-6,11-12H,7-10H2,1-4H3/t11-,12+/m1/s1. The fourth-order valence-corrected chi connectivity index (χ4v) is 4.49. The molecule has 1 saturated heterocycles. The minimum atomic E-state index is -0.112. The molecule has 0 radical (unpaired) electrons. The molecule has 0 bridgehead atoms. The molecule has 1 aromatic rings. The Morgan fingerprint density at radius 3 is 2.65 bits per heavy atom. The van der Waals surface area contributed by atoms with E-state index >= 15 is 0 Å². The zero-order chi connectivity index (χ0) is 17.1. The smallest absolute Gasteiger partial charge is 0.264 e. The molecule has 2 atom stereocenters. The summed E-state index contributed by atoms with van der Waals surface area (Å²) in [5.41, 5.74) is 0. The lowest BCUT2D eigenvalue weighted by atomic mass is 9.93. The summed E-state index contributed by atoms with van der Waals surface area (Å²) in [6.45, 7) is 4.30. The number of hydrogen-bond acceptors (Lipinski definition) is 4. The average molecular weight is 402 g/mol. The van der Waals surface area contributed by atoms with E-state index in [1.807, 2.05) is 18.0 Å². The Morgan fingerprint density at radius 1 is 1.39 bits per heavy atom. The second-order valence-corrected chi connectivity index (χ2v) is 8.83. The highest BCUT2D eigenvalue weighted by Gasteiger charge is 2.30. The third-order valence-electron chi connectivity index (χ3n) is 4.46. The number of nitrogens with zero attached hydrogens (tertiary/aromatic N) is 3. The quantitative estimate of drug-likeness (QED) is 0.777. The van der Waals surface area contributed by atoms with Gasteiger partial charge in [0.25, 0.3) is 5.91 Å². The maximum atomic E-state index is 12.5. The summed E-state index contributed by atoms with van der Waals surface area (Å²) in [6.07, 6.45) is 0.982. The number of halogens is 1. The van der Waals surface area contributed by atoms with Gasteiger partial charge in [0, 0.05) is 26.7 Å². The van der Waals surface area contributed by atoms with Crippen LogP contribution in [0.15, 0.2) is 15.9 Å². The van der Waals surface area contributed by atoms with Crippen molar-refractivity contribution in [2.24, 2.45) is 5.92 Å². The largest absolute Gasteiger partial charge is 0.341 e. The van der Waals surface area contributed by atoms with E-state index in [9.17, 15) is 9.59 Å². The molecule has 0 N–H and O–H groups in total. The van der Waals surface area contributed by atoms with Crippen LogP contribution in [0.5, 0.6) is 0 Å². The predicted molar refractivity (Wildman–Crippen MR) is 96.8 cm³/mol. The second kappa shape index (κ2) is 7.77. The molecule has 2 heterocycles. The van der Waals surface area contributed by atoms with Crippen molar-refractivity contribution in [1.29, 1.82) is 0 Å². The third-order valence-corrected chi connectivity index (χ3v) is 6.07. The van der Waals surface area contributed by atoms with Crippen molar-refractivity contribution >= 4 is 39.1 Å². The van der Waals surface area contributed by atoms with E-state index in [4.69, 9.17) is 0 Å². The molecule has 1 aromatic heterocycles. The second-order valence-electron chi connectivity index (χ2n) is 6.37. The number of carbonyl (C=O) groups excluding carboxylic acids is 2. The van der Waals surface area contributed by atoms with Gasteiger partial charge in [-0.25, -0.2) is 0 Å². The van der Waals surface area contributed by atoms with Gasteiger partial charge in [0.1, 0.15) is 0 Å².